The van der Waals surface area contributed by atoms with Crippen molar-refractivity contribution in [1.82, 2.24) is 19.9 Å². The Morgan fingerprint density at radius 2 is 2.03 bits per heavy atom. The van der Waals surface area contributed by atoms with Crippen LogP contribution in [0.4, 0.5) is 5.82 Å². The second kappa shape index (κ2) is 11.0. The molecule has 164 valence electrons. The van der Waals surface area contributed by atoms with Crippen molar-refractivity contribution in [2.45, 2.75) is 25.3 Å². The van der Waals surface area contributed by atoms with Crippen molar-refractivity contribution < 1.29 is 8.42 Å². The highest BCUT2D eigenvalue weighted by Crippen LogP contribution is 2.25. The van der Waals surface area contributed by atoms with Gasteiger partial charge in [-0.2, -0.15) is 0 Å². The topological polar surface area (TPSA) is 89.9 Å². The number of rotatable bonds is 5. The molecule has 3 heterocycles. The van der Waals surface area contributed by atoms with Gasteiger partial charge < -0.3 is 15.5 Å². The van der Waals surface area contributed by atoms with Crippen LogP contribution < -0.4 is 15.5 Å². The number of halogens is 2. The zero-order valence-electron chi connectivity index (χ0n) is 16.8. The number of piperidine rings is 1. The molecule has 0 saturated carbocycles. The van der Waals surface area contributed by atoms with Gasteiger partial charge in [0.05, 0.1) is 11.3 Å². The van der Waals surface area contributed by atoms with E-state index < -0.39 is 10.0 Å². The lowest BCUT2D eigenvalue weighted by Gasteiger charge is -2.30. The van der Waals surface area contributed by atoms with Gasteiger partial charge in [0.25, 0.3) is 0 Å². The maximum atomic E-state index is 11.6. The third kappa shape index (κ3) is 6.83. The number of pyridine rings is 1. The highest BCUT2D eigenvalue weighted by atomic mass is 127. The highest BCUT2D eigenvalue weighted by molar-refractivity contribution is 14.0. The van der Waals surface area contributed by atoms with Gasteiger partial charge in [-0.05, 0) is 37.3 Å². The van der Waals surface area contributed by atoms with E-state index in [-0.39, 0.29) is 30.0 Å². The van der Waals surface area contributed by atoms with Gasteiger partial charge in [-0.25, -0.2) is 17.7 Å². The molecule has 0 amide bonds. The molecule has 2 fully saturated rings. The van der Waals surface area contributed by atoms with Gasteiger partial charge in [0, 0.05) is 52.0 Å². The van der Waals surface area contributed by atoms with Gasteiger partial charge in [0.1, 0.15) is 5.82 Å². The fourth-order valence-corrected chi connectivity index (χ4v) is 4.87. The molecule has 0 aromatic carbocycles. The lowest BCUT2D eigenvalue weighted by molar-refractivity contribution is 0.274. The van der Waals surface area contributed by atoms with E-state index in [1.54, 1.807) is 17.5 Å². The Morgan fingerprint density at radius 1 is 1.31 bits per heavy atom. The molecule has 0 aliphatic carbocycles. The Morgan fingerprint density at radius 3 is 2.66 bits per heavy atom. The molecule has 8 nitrogen and oxygen atoms in total. The Balaban J connectivity index is 0.00000300. The van der Waals surface area contributed by atoms with E-state index in [1.807, 2.05) is 12.1 Å². The van der Waals surface area contributed by atoms with Gasteiger partial charge >= 0.3 is 0 Å². The van der Waals surface area contributed by atoms with Crippen LogP contribution in [0.1, 0.15) is 19.3 Å². The predicted octanol–water partition coefficient (Wildman–Crippen LogP) is 1.77. The molecule has 1 unspecified atom stereocenters. The number of nitrogens with zero attached hydrogens (tertiary/aromatic N) is 4. The first-order chi connectivity index (χ1) is 13.4. The van der Waals surface area contributed by atoms with E-state index in [9.17, 15) is 8.42 Å². The summed E-state index contributed by atoms with van der Waals surface area (Å²) < 4.78 is 24.8. The van der Waals surface area contributed by atoms with Crippen molar-refractivity contribution in [1.29, 1.82) is 0 Å². The van der Waals surface area contributed by atoms with Gasteiger partial charge in [0.15, 0.2) is 5.96 Å². The monoisotopic (exact) mass is 556 g/mol. The largest absolute Gasteiger partial charge is 0.356 e. The van der Waals surface area contributed by atoms with Crippen molar-refractivity contribution in [2.75, 3.05) is 50.9 Å². The number of hydrogen-bond acceptors (Lipinski definition) is 5. The van der Waals surface area contributed by atoms with E-state index in [0.29, 0.717) is 24.0 Å². The van der Waals surface area contributed by atoms with E-state index in [1.165, 1.54) is 6.26 Å². The van der Waals surface area contributed by atoms with Crippen molar-refractivity contribution in [2.24, 2.45) is 10.9 Å². The maximum Gasteiger partial charge on any atom is 0.211 e. The summed E-state index contributed by atoms with van der Waals surface area (Å²) in [6.45, 7) is 3.71. The molecule has 11 heteroatoms. The molecule has 3 rings (SSSR count). The standard InChI is InChI=1S/C18H29ClN6O2S.HI/c1-20-18(22-12-14-5-10-25(11-6-14)28(2,26)27)23-15-7-9-24(13-15)17-16(19)4-3-8-21-17;/h3-4,8,14-15H,5-7,9-13H2,1-2H3,(H2,20,22,23);1H. The average molecular weight is 557 g/mol. The first kappa shape index (κ1) is 24.4. The molecule has 0 radical (unpaired) electrons. The summed E-state index contributed by atoms with van der Waals surface area (Å²) in [6.07, 6.45) is 5.76. The normalized spacial score (nSPS) is 21.7. The second-order valence-corrected chi connectivity index (χ2v) is 9.83. The number of aliphatic imine (C=N–C) groups is 1. The number of nitrogens with one attached hydrogen (secondary N) is 2. The first-order valence-electron chi connectivity index (χ1n) is 9.64. The number of hydrogen-bond donors (Lipinski definition) is 2. The molecule has 1 aromatic rings. The van der Waals surface area contributed by atoms with Crippen LogP contribution >= 0.6 is 35.6 Å². The molecule has 2 aliphatic heterocycles. The minimum Gasteiger partial charge on any atom is -0.356 e. The van der Waals surface area contributed by atoms with Crippen LogP contribution in [-0.2, 0) is 10.0 Å². The minimum atomic E-state index is -3.07. The van der Waals surface area contributed by atoms with E-state index >= 15 is 0 Å². The van der Waals surface area contributed by atoms with E-state index in [2.05, 4.69) is 25.5 Å². The summed E-state index contributed by atoms with van der Waals surface area (Å²) in [6, 6.07) is 3.97. The Labute approximate surface area is 195 Å². The average Bonchev–Trinajstić information content (AvgIpc) is 3.13. The molecule has 1 aromatic heterocycles. The summed E-state index contributed by atoms with van der Waals surface area (Å²) in [7, 11) is -1.31. The fourth-order valence-electron chi connectivity index (χ4n) is 3.75. The smallest absolute Gasteiger partial charge is 0.211 e. The summed E-state index contributed by atoms with van der Waals surface area (Å²) in [5, 5.41) is 7.55. The quantitative estimate of drug-likeness (QED) is 0.327. The summed E-state index contributed by atoms with van der Waals surface area (Å²) in [5.41, 5.74) is 0. The number of anilines is 1. The molecular formula is C18H30ClIN6O2S. The highest BCUT2D eigenvalue weighted by Gasteiger charge is 2.27. The minimum absolute atomic E-state index is 0. The number of guanidine groups is 1. The van der Waals surface area contributed by atoms with Gasteiger partial charge in [0.2, 0.25) is 10.0 Å². The summed E-state index contributed by atoms with van der Waals surface area (Å²) in [4.78, 5) is 10.9. The third-order valence-corrected chi connectivity index (χ3v) is 6.99. The second-order valence-electron chi connectivity index (χ2n) is 7.44. The molecule has 2 saturated heterocycles. The van der Waals surface area contributed by atoms with Crippen LogP contribution in [0.25, 0.3) is 0 Å². The molecule has 0 bridgehead atoms. The molecule has 2 aliphatic rings. The predicted molar refractivity (Wildman–Crippen MR) is 129 cm³/mol. The molecule has 2 N–H and O–H groups in total. The first-order valence-corrected chi connectivity index (χ1v) is 11.9. The van der Waals surface area contributed by atoms with E-state index in [0.717, 1.165) is 50.7 Å². The number of sulfonamides is 1. The lowest BCUT2D eigenvalue weighted by atomic mass is 9.98. The van der Waals surface area contributed by atoms with Gasteiger partial charge in [-0.3, -0.25) is 4.99 Å². The molecular weight excluding hydrogens is 527 g/mol. The Kier molecular flexibility index (Phi) is 9.23. The summed E-state index contributed by atoms with van der Waals surface area (Å²) in [5.74, 6) is 2.06. The van der Waals surface area contributed by atoms with Crippen molar-refractivity contribution in [3.63, 3.8) is 0 Å². The summed E-state index contributed by atoms with van der Waals surface area (Å²) >= 11 is 6.26. The van der Waals surface area contributed by atoms with Crippen molar-refractivity contribution >= 4 is 57.4 Å². The zero-order chi connectivity index (χ0) is 20.1. The fraction of sp³-hybridized carbons (Fsp3) is 0.667. The maximum absolute atomic E-state index is 11.6. The molecule has 1 atom stereocenters. The third-order valence-electron chi connectivity index (χ3n) is 5.39. The van der Waals surface area contributed by atoms with Crippen molar-refractivity contribution in [3.05, 3.63) is 23.4 Å². The van der Waals surface area contributed by atoms with Crippen LogP contribution in [0, 0.1) is 5.92 Å². The van der Waals surface area contributed by atoms with Crippen LogP contribution in [0.2, 0.25) is 5.02 Å². The Bertz CT molecular complexity index is 801. The molecule has 0 spiro atoms. The zero-order valence-corrected chi connectivity index (χ0v) is 20.7. The van der Waals surface area contributed by atoms with Crippen LogP contribution in [0.3, 0.4) is 0 Å². The van der Waals surface area contributed by atoms with Crippen LogP contribution in [0.5, 0.6) is 0 Å². The SMILES string of the molecule is CN=C(NCC1CCN(S(C)(=O)=O)CC1)NC1CCN(c2ncccc2Cl)C1.I. The number of aromatic nitrogens is 1. The Hall–Kier alpha value is -0.850. The lowest BCUT2D eigenvalue weighted by Crippen LogP contribution is -2.47. The van der Waals surface area contributed by atoms with Crippen molar-refractivity contribution in [3.8, 4) is 0 Å². The van der Waals surface area contributed by atoms with Crippen LogP contribution in [0.15, 0.2) is 23.3 Å². The van der Waals surface area contributed by atoms with Crippen LogP contribution in [-0.4, -0.2) is 75.7 Å². The van der Waals surface area contributed by atoms with Gasteiger partial charge in [-0.15, -0.1) is 24.0 Å². The van der Waals surface area contributed by atoms with Gasteiger partial charge in [-0.1, -0.05) is 11.6 Å². The van der Waals surface area contributed by atoms with E-state index in [4.69, 9.17) is 11.6 Å². The molecule has 29 heavy (non-hydrogen) atoms.